The van der Waals surface area contributed by atoms with Gasteiger partial charge in [0.05, 0.1) is 7.11 Å². The van der Waals surface area contributed by atoms with Gasteiger partial charge in [-0.15, -0.1) is 0 Å². The molecule has 0 aromatic carbocycles. The third-order valence-electron chi connectivity index (χ3n) is 2.12. The molecule has 4 heteroatoms. The van der Waals surface area contributed by atoms with Crippen LogP contribution < -0.4 is 0 Å². The van der Waals surface area contributed by atoms with Gasteiger partial charge in [-0.2, -0.15) is 0 Å². The molecule has 0 atom stereocenters. The first-order valence-corrected chi connectivity index (χ1v) is 4.48. The molecule has 0 saturated heterocycles. The fourth-order valence-electron chi connectivity index (χ4n) is 1.42. The highest BCUT2D eigenvalue weighted by Crippen LogP contribution is 2.21. The first kappa shape index (κ1) is 10.0. The summed E-state index contributed by atoms with van der Waals surface area (Å²) in [6.45, 7) is 0. The Labute approximate surface area is 77.2 Å². The second kappa shape index (κ2) is 4.84. The lowest BCUT2D eigenvalue weighted by atomic mass is 10.3. The van der Waals surface area contributed by atoms with Crippen molar-refractivity contribution in [3.63, 3.8) is 0 Å². The summed E-state index contributed by atoms with van der Waals surface area (Å²) in [7, 11) is 1.26. The van der Waals surface area contributed by atoms with Crippen molar-refractivity contribution in [3.8, 4) is 0 Å². The summed E-state index contributed by atoms with van der Waals surface area (Å²) in [5.41, 5.74) is 0. The maximum absolute atomic E-state index is 11.0. The Morgan fingerprint density at radius 1 is 1.23 bits per heavy atom. The molecular weight excluding hydrogens is 172 g/mol. The van der Waals surface area contributed by atoms with Crippen LogP contribution in [0, 0.1) is 0 Å². The molecule has 0 heterocycles. The van der Waals surface area contributed by atoms with Crippen LogP contribution >= 0.6 is 0 Å². The van der Waals surface area contributed by atoms with E-state index in [9.17, 15) is 9.59 Å². The molecule has 13 heavy (non-hydrogen) atoms. The summed E-state index contributed by atoms with van der Waals surface area (Å²) in [4.78, 5) is 21.7. The molecule has 0 N–H and O–H groups in total. The summed E-state index contributed by atoms with van der Waals surface area (Å²) in [6.07, 6.45) is 3.82. The van der Waals surface area contributed by atoms with Gasteiger partial charge in [0.2, 0.25) is 0 Å². The molecule has 0 aromatic rings. The Hall–Kier alpha value is -1.06. The number of hydrogen-bond donors (Lipinski definition) is 0. The van der Waals surface area contributed by atoms with Gasteiger partial charge in [-0.05, 0) is 25.7 Å². The number of rotatable bonds is 3. The van der Waals surface area contributed by atoms with Gasteiger partial charge in [0.15, 0.2) is 0 Å². The van der Waals surface area contributed by atoms with Gasteiger partial charge in [-0.1, -0.05) is 0 Å². The third kappa shape index (κ3) is 3.44. The standard InChI is InChI=1S/C9H14O4/c1-12-8(10)6-9(11)13-7-4-2-3-5-7/h7H,2-6H2,1H3. The number of esters is 2. The lowest BCUT2D eigenvalue weighted by Crippen LogP contribution is -2.18. The maximum Gasteiger partial charge on any atom is 0.317 e. The molecule has 0 unspecified atom stereocenters. The fourth-order valence-corrected chi connectivity index (χ4v) is 1.42. The predicted molar refractivity (Wildman–Crippen MR) is 45.0 cm³/mol. The van der Waals surface area contributed by atoms with E-state index >= 15 is 0 Å². The number of carbonyl (C=O) groups excluding carboxylic acids is 2. The van der Waals surface area contributed by atoms with Crippen LogP contribution in [0.3, 0.4) is 0 Å². The summed E-state index contributed by atoms with van der Waals surface area (Å²) in [5, 5.41) is 0. The van der Waals surface area contributed by atoms with Gasteiger partial charge in [-0.25, -0.2) is 0 Å². The minimum absolute atomic E-state index is 0.0251. The van der Waals surface area contributed by atoms with Gasteiger partial charge >= 0.3 is 11.9 Å². The number of hydrogen-bond acceptors (Lipinski definition) is 4. The fraction of sp³-hybridized carbons (Fsp3) is 0.778. The van der Waals surface area contributed by atoms with Crippen LogP contribution in [-0.4, -0.2) is 25.2 Å². The molecule has 1 saturated carbocycles. The lowest BCUT2D eigenvalue weighted by molar-refractivity contribution is -0.156. The second-order valence-electron chi connectivity index (χ2n) is 3.15. The van der Waals surface area contributed by atoms with Crippen molar-refractivity contribution < 1.29 is 19.1 Å². The van der Waals surface area contributed by atoms with E-state index < -0.39 is 11.9 Å². The first-order valence-electron chi connectivity index (χ1n) is 4.48. The molecule has 0 aromatic heterocycles. The Morgan fingerprint density at radius 3 is 2.38 bits per heavy atom. The highest BCUT2D eigenvalue weighted by molar-refractivity contribution is 5.91. The van der Waals surface area contributed by atoms with Crippen LogP contribution in [0.4, 0.5) is 0 Å². The number of carbonyl (C=O) groups is 2. The van der Waals surface area contributed by atoms with Gasteiger partial charge in [0, 0.05) is 0 Å². The molecule has 0 radical (unpaired) electrons. The normalized spacial score (nSPS) is 17.0. The van der Waals surface area contributed by atoms with E-state index in [1.165, 1.54) is 7.11 Å². The van der Waals surface area contributed by atoms with Crippen LogP contribution in [0.2, 0.25) is 0 Å². The van der Waals surface area contributed by atoms with Crippen molar-refractivity contribution in [1.82, 2.24) is 0 Å². The van der Waals surface area contributed by atoms with E-state index in [1.807, 2.05) is 0 Å². The molecule has 1 fully saturated rings. The molecule has 0 bridgehead atoms. The molecule has 0 aliphatic heterocycles. The Bertz CT molecular complexity index is 194. The second-order valence-corrected chi connectivity index (χ2v) is 3.15. The van der Waals surface area contributed by atoms with Crippen molar-refractivity contribution in [2.45, 2.75) is 38.2 Å². The van der Waals surface area contributed by atoms with E-state index in [4.69, 9.17) is 4.74 Å². The van der Waals surface area contributed by atoms with E-state index in [2.05, 4.69) is 4.74 Å². The summed E-state index contributed by atoms with van der Waals surface area (Å²) < 4.78 is 9.39. The van der Waals surface area contributed by atoms with E-state index in [-0.39, 0.29) is 12.5 Å². The van der Waals surface area contributed by atoms with Crippen molar-refractivity contribution in [1.29, 1.82) is 0 Å². The molecule has 4 nitrogen and oxygen atoms in total. The first-order chi connectivity index (χ1) is 6.22. The molecule has 0 spiro atoms. The van der Waals surface area contributed by atoms with E-state index in [0.29, 0.717) is 0 Å². The quantitative estimate of drug-likeness (QED) is 0.488. The summed E-state index contributed by atoms with van der Waals surface area (Å²) >= 11 is 0. The predicted octanol–water partition coefficient (Wildman–Crippen LogP) is 1.04. The summed E-state index contributed by atoms with van der Waals surface area (Å²) in [5.74, 6) is -1.01. The zero-order chi connectivity index (χ0) is 9.68. The molecular formula is C9H14O4. The Balaban J connectivity index is 2.20. The highest BCUT2D eigenvalue weighted by Gasteiger charge is 2.20. The minimum atomic E-state index is -0.539. The van der Waals surface area contributed by atoms with Crippen LogP contribution in [0.1, 0.15) is 32.1 Å². The number of ether oxygens (including phenoxy) is 2. The van der Waals surface area contributed by atoms with Gasteiger partial charge in [-0.3, -0.25) is 9.59 Å². The number of methoxy groups -OCH3 is 1. The SMILES string of the molecule is COC(=O)CC(=O)OC1CCCC1. The zero-order valence-corrected chi connectivity index (χ0v) is 7.75. The summed E-state index contributed by atoms with van der Waals surface area (Å²) in [6, 6.07) is 0. The van der Waals surface area contributed by atoms with Crippen LogP contribution in [0.25, 0.3) is 0 Å². The Kier molecular flexibility index (Phi) is 3.73. The maximum atomic E-state index is 11.0. The highest BCUT2D eigenvalue weighted by atomic mass is 16.6. The van der Waals surface area contributed by atoms with Gasteiger partial charge < -0.3 is 9.47 Å². The van der Waals surface area contributed by atoms with Gasteiger partial charge in [0.25, 0.3) is 0 Å². The monoisotopic (exact) mass is 186 g/mol. The van der Waals surface area contributed by atoms with Crippen molar-refractivity contribution in [2.75, 3.05) is 7.11 Å². The minimum Gasteiger partial charge on any atom is -0.469 e. The van der Waals surface area contributed by atoms with Crippen LogP contribution in [-0.2, 0) is 19.1 Å². The smallest absolute Gasteiger partial charge is 0.317 e. The van der Waals surface area contributed by atoms with Crippen LogP contribution in [0.5, 0.6) is 0 Å². The third-order valence-corrected chi connectivity index (χ3v) is 2.12. The molecule has 1 rings (SSSR count). The zero-order valence-electron chi connectivity index (χ0n) is 7.75. The van der Waals surface area contributed by atoms with Crippen molar-refractivity contribution in [2.24, 2.45) is 0 Å². The average molecular weight is 186 g/mol. The van der Waals surface area contributed by atoms with Crippen LogP contribution in [0.15, 0.2) is 0 Å². The van der Waals surface area contributed by atoms with Crippen molar-refractivity contribution >= 4 is 11.9 Å². The molecule has 74 valence electrons. The molecule has 1 aliphatic carbocycles. The van der Waals surface area contributed by atoms with E-state index in [1.54, 1.807) is 0 Å². The largest absolute Gasteiger partial charge is 0.469 e. The van der Waals surface area contributed by atoms with E-state index in [0.717, 1.165) is 25.7 Å². The topological polar surface area (TPSA) is 52.6 Å². The Morgan fingerprint density at radius 2 is 1.85 bits per heavy atom. The molecule has 0 amide bonds. The van der Waals surface area contributed by atoms with Gasteiger partial charge in [0.1, 0.15) is 12.5 Å². The lowest BCUT2D eigenvalue weighted by Gasteiger charge is -2.09. The van der Waals surface area contributed by atoms with Crippen molar-refractivity contribution in [3.05, 3.63) is 0 Å². The average Bonchev–Trinajstić information content (AvgIpc) is 2.56. The molecule has 1 aliphatic rings.